The first-order chi connectivity index (χ1) is 8.26. The summed E-state index contributed by atoms with van der Waals surface area (Å²) in [5, 5.41) is 0. The van der Waals surface area contributed by atoms with E-state index in [4.69, 9.17) is 10.5 Å². The maximum absolute atomic E-state index is 11.7. The van der Waals surface area contributed by atoms with Crippen molar-refractivity contribution in [2.24, 2.45) is 5.73 Å². The van der Waals surface area contributed by atoms with E-state index in [0.717, 1.165) is 26.1 Å². The molecule has 2 aliphatic rings. The quantitative estimate of drug-likeness (QED) is 0.685. The Kier molecular flexibility index (Phi) is 4.36. The first-order valence-corrected chi connectivity index (χ1v) is 6.52. The number of methoxy groups -OCH3 is 1. The van der Waals surface area contributed by atoms with Crippen LogP contribution in [0, 0.1) is 0 Å². The molecule has 2 heterocycles. The van der Waals surface area contributed by atoms with Crippen LogP contribution in [-0.4, -0.2) is 67.7 Å². The number of fused-ring (bicyclic) bond motifs is 1. The van der Waals surface area contributed by atoms with Crippen molar-refractivity contribution in [3.63, 3.8) is 0 Å². The Morgan fingerprint density at radius 1 is 1.41 bits per heavy atom. The average Bonchev–Trinajstić information content (AvgIpc) is 2.68. The third-order valence-electron chi connectivity index (χ3n) is 3.97. The minimum Gasteiger partial charge on any atom is -0.468 e. The lowest BCUT2D eigenvalue weighted by Crippen LogP contribution is -2.49. The predicted octanol–water partition coefficient (Wildman–Crippen LogP) is -0.343. The normalized spacial score (nSPS) is 28.5. The molecule has 0 aromatic heterocycles. The summed E-state index contributed by atoms with van der Waals surface area (Å²) in [5.74, 6) is -0.195. The second-order valence-corrected chi connectivity index (χ2v) is 4.96. The van der Waals surface area contributed by atoms with Crippen LogP contribution in [0.4, 0.5) is 0 Å². The minimum atomic E-state index is -0.263. The summed E-state index contributed by atoms with van der Waals surface area (Å²) in [6.07, 6.45) is 3.64. The first-order valence-electron chi connectivity index (χ1n) is 6.52. The molecule has 2 saturated heterocycles. The van der Waals surface area contributed by atoms with Gasteiger partial charge in [0, 0.05) is 25.7 Å². The first kappa shape index (κ1) is 12.8. The summed E-state index contributed by atoms with van der Waals surface area (Å²) in [6, 6.07) is 0.344. The van der Waals surface area contributed by atoms with Gasteiger partial charge in [0.15, 0.2) is 0 Å². The molecule has 0 saturated carbocycles. The Morgan fingerprint density at radius 3 is 2.88 bits per heavy atom. The van der Waals surface area contributed by atoms with Crippen LogP contribution in [0.2, 0.25) is 0 Å². The van der Waals surface area contributed by atoms with Crippen LogP contribution in [0.15, 0.2) is 0 Å². The van der Waals surface area contributed by atoms with Crippen LogP contribution >= 0.6 is 0 Å². The highest BCUT2D eigenvalue weighted by atomic mass is 16.5. The van der Waals surface area contributed by atoms with E-state index in [9.17, 15) is 4.79 Å². The molecule has 0 aliphatic carbocycles. The van der Waals surface area contributed by atoms with Crippen LogP contribution in [0.3, 0.4) is 0 Å². The molecule has 2 fully saturated rings. The molecule has 2 unspecified atom stereocenters. The summed E-state index contributed by atoms with van der Waals surface area (Å²) < 4.78 is 4.83. The Hall–Kier alpha value is -0.650. The van der Waals surface area contributed by atoms with E-state index in [-0.39, 0.29) is 12.0 Å². The standard InChI is InChI=1S/C12H23N3O2/c1-17-12(16)11(8-13)15-7-3-6-14-5-2-4-10(14)9-15/h10-11H,2-9,13H2,1H3. The third-order valence-corrected chi connectivity index (χ3v) is 3.97. The fraction of sp³-hybridized carbons (Fsp3) is 0.917. The Bertz CT molecular complexity index is 272. The third kappa shape index (κ3) is 2.78. The number of hydrogen-bond donors (Lipinski definition) is 1. The molecule has 5 nitrogen and oxygen atoms in total. The molecule has 0 bridgehead atoms. The van der Waals surface area contributed by atoms with Crippen LogP contribution in [0.5, 0.6) is 0 Å². The smallest absolute Gasteiger partial charge is 0.324 e. The van der Waals surface area contributed by atoms with Crippen LogP contribution < -0.4 is 5.73 Å². The summed E-state index contributed by atoms with van der Waals surface area (Å²) >= 11 is 0. The lowest BCUT2D eigenvalue weighted by atomic mass is 10.1. The second kappa shape index (κ2) is 5.80. The molecule has 0 spiro atoms. The number of nitrogens with two attached hydrogens (primary N) is 1. The largest absolute Gasteiger partial charge is 0.468 e. The molecule has 0 amide bonds. The van der Waals surface area contributed by atoms with Crippen molar-refractivity contribution in [1.29, 1.82) is 0 Å². The van der Waals surface area contributed by atoms with Gasteiger partial charge in [0.05, 0.1) is 7.11 Å². The number of carbonyl (C=O) groups is 1. The van der Waals surface area contributed by atoms with Crippen molar-refractivity contribution < 1.29 is 9.53 Å². The van der Waals surface area contributed by atoms with Gasteiger partial charge in [-0.05, 0) is 32.4 Å². The van der Waals surface area contributed by atoms with E-state index >= 15 is 0 Å². The summed E-state index contributed by atoms with van der Waals surface area (Å²) in [6.45, 7) is 4.62. The van der Waals surface area contributed by atoms with Crippen molar-refractivity contribution in [1.82, 2.24) is 9.80 Å². The molecule has 0 aromatic carbocycles. The zero-order chi connectivity index (χ0) is 12.3. The zero-order valence-electron chi connectivity index (χ0n) is 10.6. The highest BCUT2D eigenvalue weighted by molar-refractivity contribution is 5.75. The second-order valence-electron chi connectivity index (χ2n) is 4.96. The molecule has 2 N–H and O–H groups in total. The lowest BCUT2D eigenvalue weighted by Gasteiger charge is -2.30. The van der Waals surface area contributed by atoms with Gasteiger partial charge in [0.2, 0.25) is 0 Å². The van der Waals surface area contributed by atoms with Gasteiger partial charge in [-0.1, -0.05) is 0 Å². The van der Waals surface area contributed by atoms with Crippen molar-refractivity contribution in [2.45, 2.75) is 31.3 Å². The highest BCUT2D eigenvalue weighted by Crippen LogP contribution is 2.22. The minimum absolute atomic E-state index is 0.195. The Morgan fingerprint density at radius 2 is 2.18 bits per heavy atom. The fourth-order valence-corrected chi connectivity index (χ4v) is 3.05. The van der Waals surface area contributed by atoms with Gasteiger partial charge in [0.1, 0.15) is 6.04 Å². The summed E-state index contributed by atoms with van der Waals surface area (Å²) in [7, 11) is 1.44. The fourth-order valence-electron chi connectivity index (χ4n) is 3.05. The van der Waals surface area contributed by atoms with Gasteiger partial charge in [-0.2, -0.15) is 0 Å². The maximum atomic E-state index is 11.7. The van der Waals surface area contributed by atoms with E-state index in [1.54, 1.807) is 0 Å². The molecule has 2 atom stereocenters. The predicted molar refractivity (Wildman–Crippen MR) is 65.6 cm³/mol. The summed E-state index contributed by atoms with van der Waals surface area (Å²) in [4.78, 5) is 16.4. The van der Waals surface area contributed by atoms with Crippen LogP contribution in [-0.2, 0) is 9.53 Å². The topological polar surface area (TPSA) is 58.8 Å². The Labute approximate surface area is 103 Å². The van der Waals surface area contributed by atoms with Gasteiger partial charge < -0.3 is 10.5 Å². The lowest BCUT2D eigenvalue weighted by molar-refractivity contribution is -0.146. The van der Waals surface area contributed by atoms with E-state index < -0.39 is 0 Å². The van der Waals surface area contributed by atoms with Crippen molar-refractivity contribution in [3.05, 3.63) is 0 Å². The molecule has 2 rings (SSSR count). The number of rotatable bonds is 3. The van der Waals surface area contributed by atoms with E-state index in [1.807, 2.05) is 0 Å². The summed E-state index contributed by atoms with van der Waals surface area (Å²) in [5.41, 5.74) is 5.71. The molecular weight excluding hydrogens is 218 g/mol. The van der Waals surface area contributed by atoms with Crippen LogP contribution in [0.25, 0.3) is 0 Å². The van der Waals surface area contributed by atoms with Gasteiger partial charge in [-0.3, -0.25) is 14.6 Å². The molecule has 98 valence electrons. The maximum Gasteiger partial charge on any atom is 0.324 e. The highest BCUT2D eigenvalue weighted by Gasteiger charge is 2.33. The molecule has 17 heavy (non-hydrogen) atoms. The number of ether oxygens (including phenoxy) is 1. The number of esters is 1. The zero-order valence-corrected chi connectivity index (χ0v) is 10.6. The van der Waals surface area contributed by atoms with Gasteiger partial charge in [-0.25, -0.2) is 0 Å². The van der Waals surface area contributed by atoms with Crippen molar-refractivity contribution in [2.75, 3.05) is 39.8 Å². The van der Waals surface area contributed by atoms with E-state index in [2.05, 4.69) is 9.80 Å². The Balaban J connectivity index is 2.01. The molecule has 2 aliphatic heterocycles. The molecule has 0 aromatic rings. The number of carbonyl (C=O) groups excluding carboxylic acids is 1. The molecule has 5 heteroatoms. The van der Waals surface area contributed by atoms with Crippen LogP contribution in [0.1, 0.15) is 19.3 Å². The molecular formula is C12H23N3O2. The van der Waals surface area contributed by atoms with Crippen molar-refractivity contribution >= 4 is 5.97 Å². The van der Waals surface area contributed by atoms with E-state index in [0.29, 0.717) is 12.6 Å². The number of hydrogen-bond acceptors (Lipinski definition) is 5. The van der Waals surface area contributed by atoms with Gasteiger partial charge in [-0.15, -0.1) is 0 Å². The van der Waals surface area contributed by atoms with E-state index in [1.165, 1.54) is 26.5 Å². The molecule has 0 radical (unpaired) electrons. The SMILES string of the molecule is COC(=O)C(CN)N1CCCN2CCCC2C1. The van der Waals surface area contributed by atoms with Crippen molar-refractivity contribution in [3.8, 4) is 0 Å². The number of nitrogens with zero attached hydrogens (tertiary/aromatic N) is 2. The monoisotopic (exact) mass is 241 g/mol. The van der Waals surface area contributed by atoms with Gasteiger partial charge in [0.25, 0.3) is 0 Å². The average molecular weight is 241 g/mol. The van der Waals surface area contributed by atoms with Gasteiger partial charge >= 0.3 is 5.97 Å².